The van der Waals surface area contributed by atoms with Gasteiger partial charge >= 0.3 is 0 Å². The van der Waals surface area contributed by atoms with E-state index in [1.54, 1.807) is 26.1 Å². The molecule has 2 aromatic carbocycles. The third kappa shape index (κ3) is 16.1. The highest BCUT2D eigenvalue weighted by Gasteiger charge is 2.20. The van der Waals surface area contributed by atoms with Crippen molar-refractivity contribution >= 4 is 23.0 Å². The fraction of sp³-hybridized carbons (Fsp3) is 0.514. The van der Waals surface area contributed by atoms with Crippen LogP contribution in [0.4, 0.5) is 10.1 Å². The Kier molecular flexibility index (Phi) is 22.2. The number of carbonyl (C=O) groups is 2. The standard InChI is InChI=1S/C12H16FN.C12H16O.C7H11NO.2C2H6/c1-9-3-4-12(11(13)7-9)14-6-5-10(2)8-14;1-4-5-11-8-9(2)6-7-12(11)10(3)13;1-6(8-3)4-5-7(2)9;2*1-2/h3-4,7,10H,5-6,8H2,1-2H3;6-8H,4-5H2,1-3H3;4-5H,1-3H3;2*1-2H3/b;;5-4-,8-6?;;. The molecule has 224 valence electrons. The molecule has 1 aliphatic heterocycles. The SMILES string of the molecule is CC.CC.CCCc1cc(C)ccc1C(C)=O.CN=C(C)/C=C\C(C)=O.Cc1ccc(N2CCC(C)C2)c(F)c1. The zero-order valence-corrected chi connectivity index (χ0v) is 27.3. The Morgan fingerprint density at radius 3 is 2.00 bits per heavy atom. The Balaban J connectivity index is 0. The third-order valence-corrected chi connectivity index (χ3v) is 5.94. The summed E-state index contributed by atoms with van der Waals surface area (Å²) in [6.45, 7) is 23.3. The molecule has 1 fully saturated rings. The van der Waals surface area contributed by atoms with Gasteiger partial charge in [0.2, 0.25) is 0 Å². The fourth-order valence-electron chi connectivity index (χ4n) is 3.88. The maximum atomic E-state index is 13.6. The van der Waals surface area contributed by atoms with E-state index in [4.69, 9.17) is 0 Å². The number of hydrogen-bond acceptors (Lipinski definition) is 4. The Bertz CT molecular complexity index is 1070. The molecule has 40 heavy (non-hydrogen) atoms. The number of Topliss-reactive ketones (excluding diaryl/α,β-unsaturated/α-hetero) is 1. The predicted molar refractivity (Wildman–Crippen MR) is 174 cm³/mol. The van der Waals surface area contributed by atoms with Gasteiger partial charge in [-0.05, 0) is 88.8 Å². The summed E-state index contributed by atoms with van der Waals surface area (Å²) in [5, 5.41) is 0. The molecule has 3 rings (SSSR count). The van der Waals surface area contributed by atoms with Crippen LogP contribution in [0.5, 0.6) is 0 Å². The summed E-state index contributed by atoms with van der Waals surface area (Å²) >= 11 is 0. The zero-order chi connectivity index (χ0) is 31.3. The molecule has 1 heterocycles. The van der Waals surface area contributed by atoms with Crippen LogP contribution in [-0.2, 0) is 11.2 Å². The first-order chi connectivity index (χ1) is 19.0. The molecule has 2 aromatic rings. The topological polar surface area (TPSA) is 49.7 Å². The monoisotopic (exact) mass is 554 g/mol. The van der Waals surface area contributed by atoms with Crippen LogP contribution in [0.25, 0.3) is 0 Å². The number of nitrogens with zero attached hydrogens (tertiary/aromatic N) is 2. The van der Waals surface area contributed by atoms with E-state index in [9.17, 15) is 14.0 Å². The molecule has 1 saturated heterocycles. The second-order valence-corrected chi connectivity index (χ2v) is 9.57. The Hall–Kier alpha value is -3.08. The second-order valence-electron chi connectivity index (χ2n) is 9.57. The lowest BCUT2D eigenvalue weighted by molar-refractivity contribution is -0.112. The molecule has 0 saturated carbocycles. The van der Waals surface area contributed by atoms with E-state index < -0.39 is 0 Å². The number of ketones is 2. The molecule has 1 unspecified atom stereocenters. The molecule has 0 N–H and O–H groups in total. The Labute approximate surface area is 244 Å². The maximum absolute atomic E-state index is 13.6. The van der Waals surface area contributed by atoms with E-state index in [1.807, 2.05) is 65.8 Å². The average Bonchev–Trinajstić information content (AvgIpc) is 3.36. The van der Waals surface area contributed by atoms with Gasteiger partial charge in [0.15, 0.2) is 11.6 Å². The van der Waals surface area contributed by atoms with E-state index in [0.717, 1.165) is 48.5 Å². The van der Waals surface area contributed by atoms with Crippen molar-refractivity contribution in [2.24, 2.45) is 10.9 Å². The summed E-state index contributed by atoms with van der Waals surface area (Å²) in [7, 11) is 1.69. The van der Waals surface area contributed by atoms with Crippen molar-refractivity contribution in [2.75, 3.05) is 25.0 Å². The van der Waals surface area contributed by atoms with Crippen LogP contribution >= 0.6 is 0 Å². The molecule has 0 amide bonds. The largest absolute Gasteiger partial charge is 0.369 e. The van der Waals surface area contributed by atoms with Crippen molar-refractivity contribution in [3.8, 4) is 0 Å². The quantitative estimate of drug-likeness (QED) is 0.203. The first-order valence-electron chi connectivity index (χ1n) is 14.7. The maximum Gasteiger partial charge on any atom is 0.160 e. The van der Waals surface area contributed by atoms with E-state index in [1.165, 1.54) is 30.5 Å². The molecule has 0 spiro atoms. The van der Waals surface area contributed by atoms with E-state index in [2.05, 4.69) is 36.7 Å². The minimum atomic E-state index is -0.0842. The highest BCUT2D eigenvalue weighted by atomic mass is 19.1. The van der Waals surface area contributed by atoms with Gasteiger partial charge in [-0.3, -0.25) is 14.6 Å². The third-order valence-electron chi connectivity index (χ3n) is 5.94. The van der Waals surface area contributed by atoms with Gasteiger partial charge in [-0.25, -0.2) is 4.39 Å². The number of aliphatic imine (C=N–C) groups is 1. The highest BCUT2D eigenvalue weighted by Crippen LogP contribution is 2.26. The van der Waals surface area contributed by atoms with Gasteiger partial charge in [-0.15, -0.1) is 0 Å². The smallest absolute Gasteiger partial charge is 0.160 e. The van der Waals surface area contributed by atoms with Crippen molar-refractivity contribution in [1.29, 1.82) is 0 Å². The molecule has 1 aliphatic rings. The number of aryl methyl sites for hydroxylation is 3. The summed E-state index contributed by atoms with van der Waals surface area (Å²) in [5.74, 6) is 0.830. The number of halogens is 1. The molecule has 0 bridgehead atoms. The lowest BCUT2D eigenvalue weighted by Crippen LogP contribution is -2.20. The number of rotatable bonds is 6. The van der Waals surface area contributed by atoms with Crippen LogP contribution in [0.3, 0.4) is 0 Å². The Morgan fingerprint density at radius 2 is 1.55 bits per heavy atom. The van der Waals surface area contributed by atoms with Crippen LogP contribution in [-0.4, -0.2) is 37.4 Å². The first kappa shape index (κ1) is 39.1. The van der Waals surface area contributed by atoms with Crippen LogP contribution in [0.15, 0.2) is 53.5 Å². The van der Waals surface area contributed by atoms with Crippen LogP contribution in [0, 0.1) is 25.6 Å². The van der Waals surface area contributed by atoms with Crippen molar-refractivity contribution in [3.63, 3.8) is 0 Å². The van der Waals surface area contributed by atoms with Gasteiger partial charge in [0.1, 0.15) is 5.82 Å². The molecule has 1 atom stereocenters. The van der Waals surface area contributed by atoms with Gasteiger partial charge in [-0.2, -0.15) is 0 Å². The molecule has 4 nitrogen and oxygen atoms in total. The Morgan fingerprint density at radius 1 is 0.975 bits per heavy atom. The van der Waals surface area contributed by atoms with Gasteiger partial charge in [0.05, 0.1) is 5.69 Å². The van der Waals surface area contributed by atoms with Crippen molar-refractivity contribution in [3.05, 3.63) is 76.6 Å². The van der Waals surface area contributed by atoms with Gasteiger partial charge < -0.3 is 4.90 Å². The second kappa shape index (κ2) is 22.7. The summed E-state index contributed by atoms with van der Waals surface area (Å²) in [6, 6.07) is 11.5. The van der Waals surface area contributed by atoms with Crippen molar-refractivity contribution in [1.82, 2.24) is 0 Å². The molecular formula is C35H55FN2O2. The molecular weight excluding hydrogens is 499 g/mol. The predicted octanol–water partition coefficient (Wildman–Crippen LogP) is 9.41. The average molecular weight is 555 g/mol. The van der Waals surface area contributed by atoms with E-state index in [0.29, 0.717) is 5.92 Å². The normalized spacial score (nSPS) is 14.0. The number of hydrogen-bond donors (Lipinski definition) is 0. The number of anilines is 1. The lowest BCUT2D eigenvalue weighted by atomic mass is 9.98. The number of carbonyl (C=O) groups excluding carboxylic acids is 2. The summed E-state index contributed by atoms with van der Waals surface area (Å²) in [6.07, 6.45) is 6.46. The lowest BCUT2D eigenvalue weighted by Gasteiger charge is -2.18. The van der Waals surface area contributed by atoms with Gasteiger partial charge in [0.25, 0.3) is 0 Å². The summed E-state index contributed by atoms with van der Waals surface area (Å²) in [5.41, 5.74) is 5.92. The van der Waals surface area contributed by atoms with Crippen molar-refractivity contribution in [2.45, 2.75) is 95.4 Å². The minimum absolute atomic E-state index is 0.0537. The molecule has 0 aliphatic carbocycles. The van der Waals surface area contributed by atoms with Crippen molar-refractivity contribution < 1.29 is 14.0 Å². The fourth-order valence-corrected chi connectivity index (χ4v) is 3.88. The van der Waals surface area contributed by atoms with Gasteiger partial charge in [0, 0.05) is 31.4 Å². The first-order valence-corrected chi connectivity index (χ1v) is 14.7. The number of allylic oxidation sites excluding steroid dienone is 2. The molecule has 0 aromatic heterocycles. The molecule has 5 heteroatoms. The van der Waals surface area contributed by atoms with Crippen LogP contribution < -0.4 is 4.90 Å². The van der Waals surface area contributed by atoms with Crippen LogP contribution in [0.1, 0.15) is 102 Å². The zero-order valence-electron chi connectivity index (χ0n) is 27.3. The van der Waals surface area contributed by atoms with E-state index >= 15 is 0 Å². The van der Waals surface area contributed by atoms with Gasteiger partial charge in [-0.1, -0.05) is 77.8 Å². The summed E-state index contributed by atoms with van der Waals surface area (Å²) in [4.78, 5) is 27.6. The molecule has 0 radical (unpaired) electrons. The highest BCUT2D eigenvalue weighted by molar-refractivity contribution is 5.99. The summed E-state index contributed by atoms with van der Waals surface area (Å²) < 4.78 is 13.6. The number of benzene rings is 2. The minimum Gasteiger partial charge on any atom is -0.369 e. The van der Waals surface area contributed by atoms with Crippen LogP contribution in [0.2, 0.25) is 0 Å². The van der Waals surface area contributed by atoms with E-state index in [-0.39, 0.29) is 17.4 Å².